The molecule has 2 N–H and O–H groups in total. The SMILES string of the molecule is COCCNC(=O)CNCc1cccnc1. The van der Waals surface area contributed by atoms with E-state index in [-0.39, 0.29) is 5.91 Å². The standard InChI is InChI=1S/C11H17N3O2/c1-16-6-5-14-11(15)9-13-8-10-3-2-4-12-7-10/h2-4,7,13H,5-6,8-9H2,1H3,(H,14,15). The van der Waals surface area contributed by atoms with Crippen LogP contribution >= 0.6 is 0 Å². The van der Waals surface area contributed by atoms with Crippen LogP contribution < -0.4 is 10.6 Å². The lowest BCUT2D eigenvalue weighted by molar-refractivity contribution is -0.120. The average molecular weight is 223 g/mol. The Labute approximate surface area is 95.2 Å². The Morgan fingerprint density at radius 1 is 1.56 bits per heavy atom. The van der Waals surface area contributed by atoms with Crippen molar-refractivity contribution in [1.82, 2.24) is 15.6 Å². The molecule has 88 valence electrons. The van der Waals surface area contributed by atoms with Gasteiger partial charge in [0, 0.05) is 32.6 Å². The molecule has 0 aliphatic carbocycles. The average Bonchev–Trinajstić information content (AvgIpc) is 2.31. The van der Waals surface area contributed by atoms with Crippen molar-refractivity contribution in [1.29, 1.82) is 0 Å². The van der Waals surface area contributed by atoms with Gasteiger partial charge in [-0.2, -0.15) is 0 Å². The van der Waals surface area contributed by atoms with Crippen LogP contribution in [-0.2, 0) is 16.1 Å². The Morgan fingerprint density at radius 3 is 3.12 bits per heavy atom. The monoisotopic (exact) mass is 223 g/mol. The van der Waals surface area contributed by atoms with Crippen molar-refractivity contribution in [3.63, 3.8) is 0 Å². The molecule has 5 nitrogen and oxygen atoms in total. The first-order valence-electron chi connectivity index (χ1n) is 5.18. The molecule has 1 amide bonds. The molecule has 0 radical (unpaired) electrons. The number of hydrogen-bond acceptors (Lipinski definition) is 4. The molecule has 16 heavy (non-hydrogen) atoms. The Bertz CT molecular complexity index is 303. The van der Waals surface area contributed by atoms with Gasteiger partial charge < -0.3 is 15.4 Å². The predicted molar refractivity (Wildman–Crippen MR) is 60.8 cm³/mol. The van der Waals surface area contributed by atoms with E-state index in [0.29, 0.717) is 26.2 Å². The Hall–Kier alpha value is -1.46. The minimum atomic E-state index is -0.0269. The normalized spacial score (nSPS) is 10.1. The van der Waals surface area contributed by atoms with Gasteiger partial charge in [-0.1, -0.05) is 6.07 Å². The number of carbonyl (C=O) groups is 1. The minimum absolute atomic E-state index is 0.0269. The summed E-state index contributed by atoms with van der Waals surface area (Å²) in [7, 11) is 1.60. The zero-order valence-electron chi connectivity index (χ0n) is 9.40. The molecule has 0 saturated carbocycles. The summed E-state index contributed by atoms with van der Waals surface area (Å²) in [6.45, 7) is 2.03. The van der Waals surface area contributed by atoms with E-state index in [1.54, 1.807) is 19.5 Å². The molecule has 1 heterocycles. The van der Waals surface area contributed by atoms with Crippen LogP contribution in [0.3, 0.4) is 0 Å². The number of aromatic nitrogens is 1. The lowest BCUT2D eigenvalue weighted by Crippen LogP contribution is -2.35. The zero-order chi connectivity index (χ0) is 11.6. The van der Waals surface area contributed by atoms with Gasteiger partial charge >= 0.3 is 0 Å². The van der Waals surface area contributed by atoms with Gasteiger partial charge in [0.1, 0.15) is 0 Å². The fraction of sp³-hybridized carbons (Fsp3) is 0.455. The van der Waals surface area contributed by atoms with Gasteiger partial charge in [0.2, 0.25) is 5.91 Å². The number of pyridine rings is 1. The van der Waals surface area contributed by atoms with Gasteiger partial charge in [-0.25, -0.2) is 0 Å². The van der Waals surface area contributed by atoms with Crippen LogP contribution in [0.15, 0.2) is 24.5 Å². The van der Waals surface area contributed by atoms with E-state index in [0.717, 1.165) is 5.56 Å². The molecule has 0 saturated heterocycles. The van der Waals surface area contributed by atoms with Crippen LogP contribution in [0.4, 0.5) is 0 Å². The minimum Gasteiger partial charge on any atom is -0.383 e. The number of nitrogens with zero attached hydrogens (tertiary/aromatic N) is 1. The number of amides is 1. The zero-order valence-corrected chi connectivity index (χ0v) is 9.40. The molecule has 0 bridgehead atoms. The molecule has 1 aromatic rings. The maximum atomic E-state index is 11.3. The third-order valence-corrected chi connectivity index (χ3v) is 1.97. The molecule has 1 aromatic heterocycles. The highest BCUT2D eigenvalue weighted by Gasteiger charge is 1.99. The lowest BCUT2D eigenvalue weighted by atomic mass is 10.3. The summed E-state index contributed by atoms with van der Waals surface area (Å²) in [5.74, 6) is -0.0269. The van der Waals surface area contributed by atoms with Crippen molar-refractivity contribution >= 4 is 5.91 Å². The summed E-state index contributed by atoms with van der Waals surface area (Å²) in [6.07, 6.45) is 3.50. The number of nitrogens with one attached hydrogen (secondary N) is 2. The third kappa shape index (κ3) is 5.43. The van der Waals surface area contributed by atoms with E-state index < -0.39 is 0 Å². The van der Waals surface area contributed by atoms with Gasteiger partial charge in [-0.3, -0.25) is 9.78 Å². The first kappa shape index (κ1) is 12.6. The third-order valence-electron chi connectivity index (χ3n) is 1.97. The highest BCUT2D eigenvalue weighted by atomic mass is 16.5. The molecule has 0 atom stereocenters. The molecule has 0 aliphatic rings. The lowest BCUT2D eigenvalue weighted by Gasteiger charge is -2.05. The predicted octanol–water partition coefficient (Wildman–Crippen LogP) is -0.0662. The summed E-state index contributed by atoms with van der Waals surface area (Å²) in [5.41, 5.74) is 1.06. The second-order valence-electron chi connectivity index (χ2n) is 3.31. The van der Waals surface area contributed by atoms with Crippen molar-refractivity contribution in [3.8, 4) is 0 Å². The van der Waals surface area contributed by atoms with Crippen LogP contribution in [0.25, 0.3) is 0 Å². The van der Waals surface area contributed by atoms with Crippen molar-refractivity contribution in [2.75, 3.05) is 26.8 Å². The molecule has 0 unspecified atom stereocenters. The number of carbonyl (C=O) groups excluding carboxylic acids is 1. The Morgan fingerprint density at radius 2 is 2.44 bits per heavy atom. The van der Waals surface area contributed by atoms with Crippen LogP contribution in [0.2, 0.25) is 0 Å². The fourth-order valence-corrected chi connectivity index (χ4v) is 1.18. The number of rotatable bonds is 7. The fourth-order valence-electron chi connectivity index (χ4n) is 1.18. The number of ether oxygens (including phenoxy) is 1. The molecule has 1 rings (SSSR count). The summed E-state index contributed by atoms with van der Waals surface area (Å²) in [4.78, 5) is 15.2. The van der Waals surface area contributed by atoms with Crippen molar-refractivity contribution < 1.29 is 9.53 Å². The van der Waals surface area contributed by atoms with Gasteiger partial charge in [0.05, 0.1) is 13.2 Å². The van der Waals surface area contributed by atoms with Gasteiger partial charge in [-0.15, -0.1) is 0 Å². The van der Waals surface area contributed by atoms with Gasteiger partial charge in [-0.05, 0) is 11.6 Å². The van der Waals surface area contributed by atoms with Crippen LogP contribution in [-0.4, -0.2) is 37.7 Å². The van der Waals surface area contributed by atoms with E-state index in [2.05, 4.69) is 15.6 Å². The second-order valence-corrected chi connectivity index (χ2v) is 3.31. The Balaban J connectivity index is 2.09. The summed E-state index contributed by atoms with van der Waals surface area (Å²) in [6, 6.07) is 3.83. The first-order chi connectivity index (χ1) is 7.83. The molecule has 0 spiro atoms. The van der Waals surface area contributed by atoms with E-state index in [4.69, 9.17) is 4.74 Å². The summed E-state index contributed by atoms with van der Waals surface area (Å²) < 4.78 is 4.82. The quantitative estimate of drug-likeness (QED) is 0.635. The van der Waals surface area contributed by atoms with Crippen molar-refractivity contribution in [2.24, 2.45) is 0 Å². The van der Waals surface area contributed by atoms with Gasteiger partial charge in [0.25, 0.3) is 0 Å². The number of methoxy groups -OCH3 is 1. The highest BCUT2D eigenvalue weighted by Crippen LogP contribution is 1.93. The molecular weight excluding hydrogens is 206 g/mol. The van der Waals surface area contributed by atoms with E-state index in [9.17, 15) is 4.79 Å². The summed E-state index contributed by atoms with van der Waals surface area (Å²) >= 11 is 0. The maximum Gasteiger partial charge on any atom is 0.234 e. The molecular formula is C11H17N3O2. The molecule has 0 fully saturated rings. The van der Waals surface area contributed by atoms with Crippen LogP contribution in [0.5, 0.6) is 0 Å². The summed E-state index contributed by atoms with van der Waals surface area (Å²) in [5, 5.41) is 5.76. The van der Waals surface area contributed by atoms with E-state index >= 15 is 0 Å². The Kier molecular flexibility index (Phi) is 6.13. The molecule has 5 heteroatoms. The van der Waals surface area contributed by atoms with E-state index in [1.165, 1.54) is 0 Å². The molecule has 0 aliphatic heterocycles. The van der Waals surface area contributed by atoms with E-state index in [1.807, 2.05) is 12.1 Å². The topological polar surface area (TPSA) is 63.2 Å². The van der Waals surface area contributed by atoms with Gasteiger partial charge in [0.15, 0.2) is 0 Å². The van der Waals surface area contributed by atoms with Crippen LogP contribution in [0.1, 0.15) is 5.56 Å². The first-order valence-corrected chi connectivity index (χ1v) is 5.18. The van der Waals surface area contributed by atoms with Crippen molar-refractivity contribution in [3.05, 3.63) is 30.1 Å². The number of hydrogen-bond donors (Lipinski definition) is 2. The van der Waals surface area contributed by atoms with Crippen LogP contribution in [0, 0.1) is 0 Å². The largest absolute Gasteiger partial charge is 0.383 e. The molecule has 0 aromatic carbocycles. The highest BCUT2D eigenvalue weighted by molar-refractivity contribution is 5.77. The van der Waals surface area contributed by atoms with Crippen molar-refractivity contribution in [2.45, 2.75) is 6.54 Å². The second kappa shape index (κ2) is 7.78. The smallest absolute Gasteiger partial charge is 0.234 e. The maximum absolute atomic E-state index is 11.3.